The highest BCUT2D eigenvalue weighted by Gasteiger charge is 2.43. The standard InChI is InChI=1S/C32H39N3O5/c1-23-9-3-5-12-28(23)40-29-13-6-4-11-27(29)32(38,18-8-19-34-31(37)39-2)26-10-7-20-35(22-26)30(36)25-16-14-24(21-33)15-17-25/h3-6,9,11-17,26,38H,7-8,10,18-22,33H2,1-2H3,(H,34,37)/t26-,32+/m1/s1. The number of rotatable bonds is 10. The molecule has 0 aliphatic carbocycles. The summed E-state index contributed by atoms with van der Waals surface area (Å²) in [4.78, 5) is 26.9. The molecule has 1 saturated heterocycles. The third kappa shape index (κ3) is 6.81. The predicted octanol–water partition coefficient (Wildman–Crippen LogP) is 5.12. The Morgan fingerprint density at radius 3 is 2.45 bits per heavy atom. The average molecular weight is 546 g/mol. The Bertz CT molecular complexity index is 1300. The van der Waals surface area contributed by atoms with Gasteiger partial charge in [0.05, 0.1) is 12.7 Å². The van der Waals surface area contributed by atoms with Crippen LogP contribution in [0.2, 0.25) is 0 Å². The summed E-state index contributed by atoms with van der Waals surface area (Å²) < 4.78 is 11.1. The number of aryl methyl sites for hydroxylation is 1. The molecule has 2 amide bonds. The number of nitrogens with two attached hydrogens (primary N) is 1. The van der Waals surface area contributed by atoms with Crippen molar-refractivity contribution in [2.75, 3.05) is 26.7 Å². The maximum absolute atomic E-state index is 13.4. The first-order chi connectivity index (χ1) is 19.4. The maximum atomic E-state index is 13.4. The fourth-order valence-electron chi connectivity index (χ4n) is 5.40. The van der Waals surface area contributed by atoms with Gasteiger partial charge in [0.25, 0.3) is 5.91 Å². The van der Waals surface area contributed by atoms with Crippen LogP contribution in [0.5, 0.6) is 11.5 Å². The number of likely N-dealkylation sites (tertiary alicyclic amines) is 1. The molecule has 1 aliphatic rings. The van der Waals surface area contributed by atoms with E-state index < -0.39 is 11.7 Å². The summed E-state index contributed by atoms with van der Waals surface area (Å²) in [6.07, 6.45) is 1.87. The van der Waals surface area contributed by atoms with Gasteiger partial charge in [0.15, 0.2) is 0 Å². The quantitative estimate of drug-likeness (QED) is 0.305. The second kappa shape index (κ2) is 13.5. The molecule has 0 spiro atoms. The number of carbonyl (C=O) groups is 2. The molecule has 2 atom stereocenters. The van der Waals surface area contributed by atoms with E-state index >= 15 is 0 Å². The number of hydrogen-bond acceptors (Lipinski definition) is 6. The fraction of sp³-hybridized carbons (Fsp3) is 0.375. The molecule has 0 aromatic heterocycles. The Balaban J connectivity index is 1.63. The van der Waals surface area contributed by atoms with Gasteiger partial charge >= 0.3 is 6.09 Å². The summed E-state index contributed by atoms with van der Waals surface area (Å²) in [6, 6.07) is 22.7. The maximum Gasteiger partial charge on any atom is 0.406 e. The number of methoxy groups -OCH3 is 1. The minimum Gasteiger partial charge on any atom is -0.457 e. The Kier molecular flexibility index (Phi) is 9.79. The van der Waals surface area contributed by atoms with Crippen LogP contribution in [0.15, 0.2) is 72.8 Å². The first kappa shape index (κ1) is 29.1. The Hall–Kier alpha value is -3.88. The third-order valence-corrected chi connectivity index (χ3v) is 7.68. The summed E-state index contributed by atoms with van der Waals surface area (Å²) in [7, 11) is 1.32. The van der Waals surface area contributed by atoms with Gasteiger partial charge in [-0.2, -0.15) is 0 Å². The molecule has 8 nitrogen and oxygen atoms in total. The normalized spacial score (nSPS) is 16.6. The molecule has 1 heterocycles. The molecule has 0 unspecified atom stereocenters. The van der Waals surface area contributed by atoms with Crippen molar-refractivity contribution in [3.63, 3.8) is 0 Å². The number of ether oxygens (including phenoxy) is 2. The van der Waals surface area contributed by atoms with E-state index in [9.17, 15) is 14.7 Å². The van der Waals surface area contributed by atoms with Crippen molar-refractivity contribution in [3.8, 4) is 11.5 Å². The lowest BCUT2D eigenvalue weighted by molar-refractivity contribution is -0.0578. The van der Waals surface area contributed by atoms with Crippen molar-refractivity contribution in [1.29, 1.82) is 0 Å². The monoisotopic (exact) mass is 545 g/mol. The molecule has 40 heavy (non-hydrogen) atoms. The lowest BCUT2D eigenvalue weighted by atomic mass is 9.74. The topological polar surface area (TPSA) is 114 Å². The van der Waals surface area contributed by atoms with Crippen molar-refractivity contribution in [2.24, 2.45) is 11.7 Å². The van der Waals surface area contributed by atoms with E-state index in [0.29, 0.717) is 61.6 Å². The van der Waals surface area contributed by atoms with Crippen LogP contribution in [0.1, 0.15) is 52.7 Å². The van der Waals surface area contributed by atoms with E-state index in [1.54, 1.807) is 0 Å². The zero-order chi connectivity index (χ0) is 28.5. The highest BCUT2D eigenvalue weighted by atomic mass is 16.5. The lowest BCUT2D eigenvalue weighted by Gasteiger charge is -2.43. The van der Waals surface area contributed by atoms with Crippen LogP contribution in [0, 0.1) is 12.8 Å². The Labute approximate surface area is 236 Å². The molecular formula is C32H39N3O5. The molecule has 1 fully saturated rings. The van der Waals surface area contributed by atoms with Crippen LogP contribution in [0.3, 0.4) is 0 Å². The number of aliphatic hydroxyl groups is 1. The zero-order valence-corrected chi connectivity index (χ0v) is 23.3. The Morgan fingerprint density at radius 1 is 1.05 bits per heavy atom. The SMILES string of the molecule is COC(=O)NCCC[C@@](O)(c1ccccc1Oc1ccccc1C)[C@@H]1CCCN(C(=O)c2ccc(CN)cc2)C1. The van der Waals surface area contributed by atoms with Crippen LogP contribution >= 0.6 is 0 Å². The van der Waals surface area contributed by atoms with Crippen LogP contribution in [0.25, 0.3) is 0 Å². The largest absolute Gasteiger partial charge is 0.457 e. The molecule has 4 N–H and O–H groups in total. The third-order valence-electron chi connectivity index (χ3n) is 7.68. The number of carbonyl (C=O) groups excluding carboxylic acids is 2. The number of nitrogens with one attached hydrogen (secondary N) is 1. The van der Waals surface area contributed by atoms with E-state index in [1.165, 1.54) is 7.11 Å². The van der Waals surface area contributed by atoms with Crippen LogP contribution in [-0.4, -0.2) is 48.8 Å². The molecule has 0 radical (unpaired) electrons. The van der Waals surface area contributed by atoms with Gasteiger partial charge in [-0.15, -0.1) is 0 Å². The van der Waals surface area contributed by atoms with Crippen LogP contribution < -0.4 is 15.8 Å². The summed E-state index contributed by atoms with van der Waals surface area (Å²) in [5, 5.41) is 15.2. The first-order valence-electron chi connectivity index (χ1n) is 13.8. The van der Waals surface area contributed by atoms with Gasteiger partial charge in [0.2, 0.25) is 0 Å². The first-order valence-corrected chi connectivity index (χ1v) is 13.8. The number of para-hydroxylation sites is 2. The molecule has 3 aromatic carbocycles. The number of alkyl carbamates (subject to hydrolysis) is 1. The van der Waals surface area contributed by atoms with E-state index in [1.807, 2.05) is 84.6 Å². The molecular weight excluding hydrogens is 506 g/mol. The molecule has 0 saturated carbocycles. The second-order valence-electron chi connectivity index (χ2n) is 10.3. The molecule has 1 aliphatic heterocycles. The second-order valence-corrected chi connectivity index (χ2v) is 10.3. The minimum atomic E-state index is -1.31. The molecule has 3 aromatic rings. The van der Waals surface area contributed by atoms with Crippen molar-refractivity contribution in [2.45, 2.75) is 44.8 Å². The van der Waals surface area contributed by atoms with Gasteiger partial charge in [0.1, 0.15) is 11.5 Å². The summed E-state index contributed by atoms with van der Waals surface area (Å²) in [6.45, 7) is 3.76. The van der Waals surface area contributed by atoms with Gasteiger partial charge < -0.3 is 30.5 Å². The van der Waals surface area contributed by atoms with E-state index in [4.69, 9.17) is 15.2 Å². The van der Waals surface area contributed by atoms with Crippen LogP contribution in [-0.2, 0) is 16.9 Å². The predicted molar refractivity (Wildman–Crippen MR) is 154 cm³/mol. The highest BCUT2D eigenvalue weighted by molar-refractivity contribution is 5.94. The van der Waals surface area contributed by atoms with Crippen LogP contribution in [0.4, 0.5) is 4.79 Å². The van der Waals surface area contributed by atoms with E-state index in [-0.39, 0.29) is 11.8 Å². The lowest BCUT2D eigenvalue weighted by Crippen LogP contribution is -2.48. The molecule has 4 rings (SSSR count). The summed E-state index contributed by atoms with van der Waals surface area (Å²) >= 11 is 0. The molecule has 212 valence electrons. The number of amides is 2. The van der Waals surface area contributed by atoms with Gasteiger partial charge in [-0.3, -0.25) is 4.79 Å². The summed E-state index contributed by atoms with van der Waals surface area (Å²) in [5.74, 6) is 0.979. The Morgan fingerprint density at radius 2 is 1.75 bits per heavy atom. The van der Waals surface area contributed by atoms with Gasteiger partial charge in [-0.25, -0.2) is 4.79 Å². The van der Waals surface area contributed by atoms with Crippen molar-refractivity contribution < 1.29 is 24.2 Å². The smallest absolute Gasteiger partial charge is 0.406 e. The van der Waals surface area contributed by atoms with E-state index in [0.717, 1.165) is 24.0 Å². The summed E-state index contributed by atoms with van der Waals surface area (Å²) in [5.41, 5.74) is 7.64. The minimum absolute atomic E-state index is 0.0626. The van der Waals surface area contributed by atoms with Gasteiger partial charge in [-0.1, -0.05) is 48.5 Å². The highest BCUT2D eigenvalue weighted by Crippen LogP contribution is 2.44. The van der Waals surface area contributed by atoms with E-state index in [2.05, 4.69) is 5.32 Å². The van der Waals surface area contributed by atoms with Crippen molar-refractivity contribution in [1.82, 2.24) is 10.2 Å². The zero-order valence-electron chi connectivity index (χ0n) is 23.3. The molecule has 8 heteroatoms. The molecule has 0 bridgehead atoms. The van der Waals surface area contributed by atoms with Gasteiger partial charge in [0, 0.05) is 43.2 Å². The van der Waals surface area contributed by atoms with Gasteiger partial charge in [-0.05, 0) is 68.0 Å². The number of nitrogens with zero attached hydrogens (tertiary/aromatic N) is 1. The van der Waals surface area contributed by atoms with Crippen molar-refractivity contribution in [3.05, 3.63) is 95.1 Å². The fourth-order valence-corrected chi connectivity index (χ4v) is 5.40. The van der Waals surface area contributed by atoms with Crippen molar-refractivity contribution >= 4 is 12.0 Å². The average Bonchev–Trinajstić information content (AvgIpc) is 3.00. The number of benzene rings is 3. The number of piperidine rings is 1. The number of hydrogen-bond donors (Lipinski definition) is 3.